The van der Waals surface area contributed by atoms with Crippen LogP contribution < -0.4 is 15.4 Å². The van der Waals surface area contributed by atoms with Crippen LogP contribution in [-0.4, -0.2) is 18.6 Å². The smallest absolute Gasteiger partial charge is 0.243 e. The van der Waals surface area contributed by atoms with Crippen molar-refractivity contribution in [3.8, 4) is 5.75 Å². The lowest BCUT2D eigenvalue weighted by molar-refractivity contribution is -0.114. The maximum atomic E-state index is 12.2. The molecule has 26 heavy (non-hydrogen) atoms. The Morgan fingerprint density at radius 3 is 2.38 bits per heavy atom. The standard InChI is InChI=1S/C22H24N2O2/c1-3-16(2)26-21-12-10-19(11-13-21)24-22(25)15-23-20-9-8-17-6-4-5-7-18(17)14-20/h4-14,16,23H,3,15H2,1-2H3,(H,24,25). The molecule has 3 rings (SSSR count). The van der Waals surface area contributed by atoms with Crippen molar-refractivity contribution >= 4 is 28.1 Å². The average molecular weight is 348 g/mol. The van der Waals surface area contributed by atoms with Gasteiger partial charge in [0.2, 0.25) is 5.91 Å². The van der Waals surface area contributed by atoms with E-state index in [0.29, 0.717) is 0 Å². The van der Waals surface area contributed by atoms with Gasteiger partial charge in [-0.15, -0.1) is 0 Å². The zero-order valence-corrected chi connectivity index (χ0v) is 15.2. The van der Waals surface area contributed by atoms with Crippen molar-refractivity contribution in [2.75, 3.05) is 17.2 Å². The molecule has 0 aromatic heterocycles. The predicted molar refractivity (Wildman–Crippen MR) is 108 cm³/mol. The molecule has 0 heterocycles. The Morgan fingerprint density at radius 1 is 0.962 bits per heavy atom. The minimum Gasteiger partial charge on any atom is -0.491 e. The van der Waals surface area contributed by atoms with Gasteiger partial charge in [-0.25, -0.2) is 0 Å². The van der Waals surface area contributed by atoms with Crippen LogP contribution in [0, 0.1) is 0 Å². The lowest BCUT2D eigenvalue weighted by Gasteiger charge is -2.13. The fourth-order valence-electron chi connectivity index (χ4n) is 2.62. The number of ether oxygens (including phenoxy) is 1. The van der Waals surface area contributed by atoms with Crippen LogP contribution in [-0.2, 0) is 4.79 Å². The van der Waals surface area contributed by atoms with E-state index in [4.69, 9.17) is 4.74 Å². The molecule has 134 valence electrons. The zero-order valence-electron chi connectivity index (χ0n) is 15.2. The molecule has 0 fully saturated rings. The van der Waals surface area contributed by atoms with Gasteiger partial charge in [0.1, 0.15) is 5.75 Å². The Labute approximate surface area is 154 Å². The van der Waals surface area contributed by atoms with Crippen molar-refractivity contribution in [1.82, 2.24) is 0 Å². The quantitative estimate of drug-likeness (QED) is 0.627. The molecule has 4 heteroatoms. The van der Waals surface area contributed by atoms with E-state index in [0.717, 1.165) is 28.9 Å². The van der Waals surface area contributed by atoms with Crippen molar-refractivity contribution in [1.29, 1.82) is 0 Å². The molecule has 4 nitrogen and oxygen atoms in total. The molecule has 3 aromatic carbocycles. The fourth-order valence-corrected chi connectivity index (χ4v) is 2.62. The Morgan fingerprint density at radius 2 is 1.65 bits per heavy atom. The van der Waals surface area contributed by atoms with Crippen LogP contribution >= 0.6 is 0 Å². The van der Waals surface area contributed by atoms with Crippen LogP contribution in [0.15, 0.2) is 66.7 Å². The second kappa shape index (κ2) is 8.39. The van der Waals surface area contributed by atoms with E-state index in [-0.39, 0.29) is 18.6 Å². The predicted octanol–water partition coefficient (Wildman–Crippen LogP) is 5.07. The van der Waals surface area contributed by atoms with Gasteiger partial charge in [0.15, 0.2) is 0 Å². The number of benzene rings is 3. The molecular weight excluding hydrogens is 324 g/mol. The van der Waals surface area contributed by atoms with Gasteiger partial charge in [-0.1, -0.05) is 37.3 Å². The number of hydrogen-bond donors (Lipinski definition) is 2. The molecule has 0 saturated carbocycles. The molecule has 1 amide bonds. The van der Waals surface area contributed by atoms with E-state index in [1.807, 2.05) is 61.5 Å². The van der Waals surface area contributed by atoms with Crippen LogP contribution in [0.4, 0.5) is 11.4 Å². The SMILES string of the molecule is CCC(C)Oc1ccc(NC(=O)CNc2ccc3ccccc3c2)cc1. The van der Waals surface area contributed by atoms with Crippen LogP contribution in [0.5, 0.6) is 5.75 Å². The third-order valence-corrected chi connectivity index (χ3v) is 4.25. The summed E-state index contributed by atoms with van der Waals surface area (Å²) in [4.78, 5) is 12.2. The number of carbonyl (C=O) groups excluding carboxylic acids is 1. The number of amides is 1. The summed E-state index contributed by atoms with van der Waals surface area (Å²) >= 11 is 0. The van der Waals surface area contributed by atoms with Crippen molar-refractivity contribution in [3.05, 3.63) is 66.7 Å². The van der Waals surface area contributed by atoms with Gasteiger partial charge in [-0.3, -0.25) is 4.79 Å². The van der Waals surface area contributed by atoms with Crippen molar-refractivity contribution in [3.63, 3.8) is 0 Å². The summed E-state index contributed by atoms with van der Waals surface area (Å²) in [5, 5.41) is 8.38. The molecule has 3 aromatic rings. The Balaban J connectivity index is 1.53. The topological polar surface area (TPSA) is 50.4 Å². The van der Waals surface area contributed by atoms with Gasteiger partial charge >= 0.3 is 0 Å². The highest BCUT2D eigenvalue weighted by Crippen LogP contribution is 2.19. The van der Waals surface area contributed by atoms with Gasteiger partial charge in [-0.05, 0) is 60.5 Å². The van der Waals surface area contributed by atoms with E-state index < -0.39 is 0 Å². The van der Waals surface area contributed by atoms with Crippen molar-refractivity contribution < 1.29 is 9.53 Å². The third-order valence-electron chi connectivity index (χ3n) is 4.25. The average Bonchev–Trinajstić information content (AvgIpc) is 2.67. The fraction of sp³-hybridized carbons (Fsp3) is 0.227. The number of rotatable bonds is 7. The molecule has 0 bridgehead atoms. The second-order valence-corrected chi connectivity index (χ2v) is 6.32. The molecule has 0 saturated heterocycles. The van der Waals surface area contributed by atoms with E-state index in [9.17, 15) is 4.79 Å². The summed E-state index contributed by atoms with van der Waals surface area (Å²) in [6, 6.07) is 21.7. The van der Waals surface area contributed by atoms with E-state index in [1.54, 1.807) is 0 Å². The summed E-state index contributed by atoms with van der Waals surface area (Å²) in [5.74, 6) is 0.723. The highest BCUT2D eigenvalue weighted by molar-refractivity contribution is 5.94. The number of nitrogens with one attached hydrogen (secondary N) is 2. The zero-order chi connectivity index (χ0) is 18.4. The Kier molecular flexibility index (Phi) is 5.74. The molecular formula is C22H24N2O2. The van der Waals surface area contributed by atoms with Gasteiger partial charge in [0, 0.05) is 11.4 Å². The first-order chi connectivity index (χ1) is 12.6. The van der Waals surface area contributed by atoms with Crippen molar-refractivity contribution in [2.45, 2.75) is 26.4 Å². The molecule has 0 aliphatic heterocycles. The van der Waals surface area contributed by atoms with Gasteiger partial charge < -0.3 is 15.4 Å². The summed E-state index contributed by atoms with van der Waals surface area (Å²) in [5.41, 5.74) is 1.68. The normalized spacial score (nSPS) is 11.8. The largest absolute Gasteiger partial charge is 0.491 e. The summed E-state index contributed by atoms with van der Waals surface area (Å²) in [6.07, 6.45) is 1.14. The minimum atomic E-state index is -0.0891. The van der Waals surface area contributed by atoms with Gasteiger partial charge in [0.05, 0.1) is 12.6 Å². The number of anilines is 2. The van der Waals surface area contributed by atoms with E-state index >= 15 is 0 Å². The molecule has 0 spiro atoms. The highest BCUT2D eigenvalue weighted by Gasteiger charge is 2.05. The number of carbonyl (C=O) groups is 1. The first-order valence-electron chi connectivity index (χ1n) is 8.93. The first kappa shape index (κ1) is 17.8. The maximum absolute atomic E-state index is 12.2. The monoisotopic (exact) mass is 348 g/mol. The molecule has 0 aliphatic rings. The van der Waals surface area contributed by atoms with Crippen LogP contribution in [0.2, 0.25) is 0 Å². The van der Waals surface area contributed by atoms with E-state index in [1.165, 1.54) is 5.39 Å². The third kappa shape index (κ3) is 4.76. The molecule has 1 unspecified atom stereocenters. The van der Waals surface area contributed by atoms with Crippen LogP contribution in [0.25, 0.3) is 10.8 Å². The van der Waals surface area contributed by atoms with Crippen molar-refractivity contribution in [2.24, 2.45) is 0 Å². The lowest BCUT2D eigenvalue weighted by atomic mass is 10.1. The van der Waals surface area contributed by atoms with E-state index in [2.05, 4.69) is 29.7 Å². The summed E-state index contributed by atoms with van der Waals surface area (Å²) in [6.45, 7) is 4.33. The molecule has 0 radical (unpaired) electrons. The number of fused-ring (bicyclic) bond motifs is 1. The highest BCUT2D eigenvalue weighted by atomic mass is 16.5. The summed E-state index contributed by atoms with van der Waals surface area (Å²) in [7, 11) is 0. The second-order valence-electron chi connectivity index (χ2n) is 6.32. The number of hydrogen-bond acceptors (Lipinski definition) is 3. The molecule has 1 atom stereocenters. The molecule has 2 N–H and O–H groups in total. The maximum Gasteiger partial charge on any atom is 0.243 e. The van der Waals surface area contributed by atoms with Crippen LogP contribution in [0.3, 0.4) is 0 Å². The summed E-state index contributed by atoms with van der Waals surface area (Å²) < 4.78 is 5.74. The lowest BCUT2D eigenvalue weighted by Crippen LogP contribution is -2.21. The first-order valence-corrected chi connectivity index (χ1v) is 8.93. The van der Waals surface area contributed by atoms with Gasteiger partial charge in [0.25, 0.3) is 0 Å². The minimum absolute atomic E-state index is 0.0891. The van der Waals surface area contributed by atoms with Gasteiger partial charge in [-0.2, -0.15) is 0 Å². The molecule has 0 aliphatic carbocycles. The Hall–Kier alpha value is -3.01. The Bertz CT molecular complexity index is 875. The van der Waals surface area contributed by atoms with Crippen LogP contribution in [0.1, 0.15) is 20.3 Å².